The van der Waals surface area contributed by atoms with Crippen LogP contribution in [-0.2, 0) is 19.1 Å². The minimum Gasteiger partial charge on any atom is -0.478 e. The van der Waals surface area contributed by atoms with Crippen molar-refractivity contribution in [3.63, 3.8) is 0 Å². The summed E-state index contributed by atoms with van der Waals surface area (Å²) in [4.78, 5) is 10.3. The Hall–Kier alpha value is -1.04. The molecule has 0 fully saturated rings. The number of unbranched alkanes of at least 4 members (excludes halogenated alkanes) is 1. The van der Waals surface area contributed by atoms with Crippen LogP contribution in [0.3, 0.4) is 0 Å². The second-order valence-corrected chi connectivity index (χ2v) is 4.41. The molecule has 0 unspecified atom stereocenters. The average Bonchev–Trinajstić information content (AvgIpc) is 1.96. The number of rotatable bonds is 6. The molecule has 0 aliphatic heterocycles. The summed E-state index contributed by atoms with van der Waals surface area (Å²) in [6.07, 6.45) is 3.50. The molecule has 0 aliphatic rings. The highest BCUT2D eigenvalue weighted by Gasteiger charge is 2.08. The van der Waals surface area contributed by atoms with Crippen LogP contribution in [0.15, 0.2) is 11.8 Å². The van der Waals surface area contributed by atoms with Crippen molar-refractivity contribution in [2.24, 2.45) is 0 Å². The molecule has 0 saturated carbocycles. The first kappa shape index (κ1) is 13.0. The molecule has 0 atom stereocenters. The Morgan fingerprint density at radius 2 is 2.07 bits per heavy atom. The number of carboxylic acid groups (broad SMARTS) is 1. The quantitative estimate of drug-likeness (QED) is 0.414. The molecule has 0 heterocycles. The summed E-state index contributed by atoms with van der Waals surface area (Å²) in [6.45, 7) is 1.92. The van der Waals surface area contributed by atoms with E-state index in [0.717, 1.165) is 18.8 Å². The zero-order valence-corrected chi connectivity index (χ0v) is 9.00. The molecule has 0 aromatic heterocycles. The Morgan fingerprint density at radius 3 is 2.43 bits per heavy atom. The fourth-order valence-electron chi connectivity index (χ4n) is 0.821. The average molecular weight is 222 g/mol. The summed E-state index contributed by atoms with van der Waals surface area (Å²) in [5, 5.41) is 8.43. The first-order valence-electron chi connectivity index (χ1n) is 4.18. The van der Waals surface area contributed by atoms with Gasteiger partial charge in [0, 0.05) is 6.42 Å². The van der Waals surface area contributed by atoms with Crippen molar-refractivity contribution in [1.82, 2.24) is 0 Å². The smallest absolute Gasteiger partial charge is 0.331 e. The van der Waals surface area contributed by atoms with E-state index in [-0.39, 0.29) is 5.76 Å². The lowest BCUT2D eigenvalue weighted by atomic mass is 10.2. The van der Waals surface area contributed by atoms with E-state index in [0.29, 0.717) is 12.8 Å². The summed E-state index contributed by atoms with van der Waals surface area (Å²) < 4.78 is 26.0. The maximum absolute atomic E-state index is 10.7. The highest BCUT2D eigenvalue weighted by Crippen LogP contribution is 2.11. The van der Waals surface area contributed by atoms with E-state index in [2.05, 4.69) is 4.18 Å². The van der Waals surface area contributed by atoms with Crippen LogP contribution in [0.4, 0.5) is 0 Å². The Morgan fingerprint density at radius 1 is 1.50 bits per heavy atom. The second-order valence-electron chi connectivity index (χ2n) is 2.84. The molecule has 0 aromatic rings. The van der Waals surface area contributed by atoms with Gasteiger partial charge in [-0.25, -0.2) is 4.79 Å². The molecule has 0 radical (unpaired) electrons. The van der Waals surface area contributed by atoms with Crippen LogP contribution in [0.1, 0.15) is 26.2 Å². The number of hydrogen-bond acceptors (Lipinski definition) is 4. The van der Waals surface area contributed by atoms with Gasteiger partial charge >= 0.3 is 16.1 Å². The first-order valence-corrected chi connectivity index (χ1v) is 5.99. The molecule has 0 rings (SSSR count). The molecule has 1 N–H and O–H groups in total. The molecular formula is C8H14O5S. The van der Waals surface area contributed by atoms with Gasteiger partial charge in [-0.15, -0.1) is 0 Å². The zero-order valence-electron chi connectivity index (χ0n) is 8.19. The molecule has 5 nitrogen and oxygen atoms in total. The van der Waals surface area contributed by atoms with Crippen molar-refractivity contribution in [2.75, 3.05) is 6.26 Å². The van der Waals surface area contributed by atoms with Crippen LogP contribution in [-0.4, -0.2) is 25.7 Å². The maximum atomic E-state index is 10.7. The van der Waals surface area contributed by atoms with Crippen molar-refractivity contribution in [2.45, 2.75) is 26.2 Å². The Balaban J connectivity index is 4.49. The fourth-order valence-corrected chi connectivity index (χ4v) is 1.34. The number of allylic oxidation sites excluding steroid dienone is 1. The van der Waals surface area contributed by atoms with E-state index in [9.17, 15) is 13.2 Å². The monoisotopic (exact) mass is 222 g/mol. The third-order valence-corrected chi connectivity index (χ3v) is 1.84. The minimum absolute atomic E-state index is 0.0261. The minimum atomic E-state index is -3.63. The zero-order chi connectivity index (χ0) is 11.2. The van der Waals surface area contributed by atoms with Crippen molar-refractivity contribution in [3.05, 3.63) is 11.8 Å². The Kier molecular flexibility index (Phi) is 5.22. The van der Waals surface area contributed by atoms with E-state index < -0.39 is 16.1 Å². The van der Waals surface area contributed by atoms with E-state index >= 15 is 0 Å². The lowest BCUT2D eigenvalue weighted by molar-refractivity contribution is -0.131. The number of hydrogen-bond donors (Lipinski definition) is 1. The topological polar surface area (TPSA) is 80.7 Å². The van der Waals surface area contributed by atoms with E-state index in [1.54, 1.807) is 0 Å². The highest BCUT2D eigenvalue weighted by atomic mass is 32.2. The Labute approximate surface area is 83.5 Å². The van der Waals surface area contributed by atoms with Crippen molar-refractivity contribution < 1.29 is 22.5 Å². The van der Waals surface area contributed by atoms with Crippen molar-refractivity contribution >= 4 is 16.1 Å². The van der Waals surface area contributed by atoms with E-state index in [4.69, 9.17) is 5.11 Å². The SMILES string of the molecule is CCCCC(=CC(=O)O)OS(C)(=O)=O. The molecule has 0 bridgehead atoms. The Bertz CT molecular complexity index is 315. The van der Waals surface area contributed by atoms with Crippen LogP contribution in [0.2, 0.25) is 0 Å². The molecule has 6 heteroatoms. The van der Waals surface area contributed by atoms with Crippen LogP contribution in [0.25, 0.3) is 0 Å². The van der Waals surface area contributed by atoms with Crippen molar-refractivity contribution in [3.8, 4) is 0 Å². The van der Waals surface area contributed by atoms with Gasteiger partial charge < -0.3 is 9.29 Å². The van der Waals surface area contributed by atoms with Crippen LogP contribution in [0.5, 0.6) is 0 Å². The van der Waals surface area contributed by atoms with Gasteiger partial charge in [0.1, 0.15) is 5.76 Å². The number of carbonyl (C=O) groups is 1. The molecule has 0 amide bonds. The third-order valence-electron chi connectivity index (χ3n) is 1.32. The number of aliphatic carboxylic acids is 1. The largest absolute Gasteiger partial charge is 0.478 e. The van der Waals surface area contributed by atoms with Gasteiger partial charge in [-0.3, -0.25) is 0 Å². The van der Waals surface area contributed by atoms with Crippen LogP contribution < -0.4 is 0 Å². The molecule has 0 spiro atoms. The highest BCUT2D eigenvalue weighted by molar-refractivity contribution is 7.86. The predicted octanol–water partition coefficient (Wildman–Crippen LogP) is 1.12. The summed E-state index contributed by atoms with van der Waals surface area (Å²) in [5.74, 6) is -1.23. The molecule has 14 heavy (non-hydrogen) atoms. The van der Waals surface area contributed by atoms with Crippen molar-refractivity contribution in [1.29, 1.82) is 0 Å². The molecule has 0 saturated heterocycles. The lowest BCUT2D eigenvalue weighted by Gasteiger charge is -2.05. The molecule has 0 aliphatic carbocycles. The summed E-state index contributed by atoms with van der Waals surface area (Å²) in [5.41, 5.74) is 0. The summed E-state index contributed by atoms with van der Waals surface area (Å²) in [7, 11) is -3.63. The van der Waals surface area contributed by atoms with Gasteiger partial charge in [0.2, 0.25) is 0 Å². The normalized spacial score (nSPS) is 12.6. The van der Waals surface area contributed by atoms with Gasteiger partial charge in [0.05, 0.1) is 12.3 Å². The lowest BCUT2D eigenvalue weighted by Crippen LogP contribution is -2.05. The summed E-state index contributed by atoms with van der Waals surface area (Å²) in [6, 6.07) is 0. The third kappa shape index (κ3) is 7.60. The maximum Gasteiger partial charge on any atom is 0.331 e. The van der Waals surface area contributed by atoms with Gasteiger partial charge in [-0.2, -0.15) is 8.42 Å². The van der Waals surface area contributed by atoms with E-state index in [1.807, 2.05) is 6.92 Å². The molecule has 82 valence electrons. The fraction of sp³-hybridized carbons (Fsp3) is 0.625. The van der Waals surface area contributed by atoms with E-state index in [1.165, 1.54) is 0 Å². The molecular weight excluding hydrogens is 208 g/mol. The van der Waals surface area contributed by atoms with Gasteiger partial charge in [0.25, 0.3) is 0 Å². The van der Waals surface area contributed by atoms with Crippen LogP contribution >= 0.6 is 0 Å². The summed E-state index contributed by atoms with van der Waals surface area (Å²) >= 11 is 0. The first-order chi connectivity index (χ1) is 6.35. The predicted molar refractivity (Wildman–Crippen MR) is 51.2 cm³/mol. The van der Waals surface area contributed by atoms with Gasteiger partial charge in [-0.1, -0.05) is 13.3 Å². The van der Waals surface area contributed by atoms with Gasteiger partial charge in [0.15, 0.2) is 0 Å². The van der Waals surface area contributed by atoms with Gasteiger partial charge in [-0.05, 0) is 6.42 Å². The molecule has 0 aromatic carbocycles. The van der Waals surface area contributed by atoms with Crippen LogP contribution in [0, 0.1) is 0 Å². The standard InChI is InChI=1S/C8H14O5S/c1-3-4-5-7(6-8(9)10)13-14(2,11)12/h6H,3-5H2,1-2H3,(H,9,10). The second kappa shape index (κ2) is 5.64. The number of carboxylic acids is 1.